The van der Waals surface area contributed by atoms with Crippen molar-refractivity contribution in [3.05, 3.63) is 53.1 Å². The minimum absolute atomic E-state index is 0.0870. The van der Waals surface area contributed by atoms with Gasteiger partial charge >= 0.3 is 5.97 Å². The smallest absolute Gasteiger partial charge is 0.338 e. The molecule has 1 N–H and O–H groups in total. The minimum atomic E-state index is -0.519. The van der Waals surface area contributed by atoms with E-state index in [1.165, 1.54) is 12.0 Å². The summed E-state index contributed by atoms with van der Waals surface area (Å²) in [5.74, 6) is -0.828. The van der Waals surface area contributed by atoms with Gasteiger partial charge in [-0.05, 0) is 48.9 Å². The van der Waals surface area contributed by atoms with E-state index < -0.39 is 5.92 Å². The lowest BCUT2D eigenvalue weighted by Crippen LogP contribution is -2.28. The van der Waals surface area contributed by atoms with Crippen molar-refractivity contribution in [1.29, 1.82) is 0 Å². The molecule has 3 rings (SSSR count). The summed E-state index contributed by atoms with van der Waals surface area (Å²) in [4.78, 5) is 38.9. The molecule has 2 aromatic carbocycles. The summed E-state index contributed by atoms with van der Waals surface area (Å²) in [6, 6.07) is 11.5. The third kappa shape index (κ3) is 5.79. The fourth-order valence-electron chi connectivity index (χ4n) is 3.52. The third-order valence-electron chi connectivity index (χ3n) is 5.30. The molecule has 2 aromatic rings. The molecule has 0 saturated carbocycles. The van der Waals surface area contributed by atoms with Crippen LogP contribution in [0.5, 0.6) is 5.75 Å². The molecule has 1 atom stereocenters. The van der Waals surface area contributed by atoms with Crippen LogP contribution in [0.15, 0.2) is 42.5 Å². The largest absolute Gasteiger partial charge is 0.495 e. The first kappa shape index (κ1) is 23.6. The lowest BCUT2D eigenvalue weighted by atomic mass is 10.1. The van der Waals surface area contributed by atoms with Gasteiger partial charge < -0.3 is 19.7 Å². The van der Waals surface area contributed by atoms with Gasteiger partial charge in [0.15, 0.2) is 0 Å². The van der Waals surface area contributed by atoms with Gasteiger partial charge in [0.25, 0.3) is 0 Å². The SMILES string of the molecule is CCCCCOC(=O)c1ccc(NC(=O)[C@@H]2CC(=O)N(c3cc(Cl)ccc3OC)C2)cc1. The number of nitrogens with zero attached hydrogens (tertiary/aromatic N) is 1. The Labute approximate surface area is 192 Å². The Kier molecular flexibility index (Phi) is 8.11. The highest BCUT2D eigenvalue weighted by molar-refractivity contribution is 6.31. The molecule has 170 valence electrons. The molecule has 0 unspecified atom stereocenters. The van der Waals surface area contributed by atoms with E-state index in [0.717, 1.165) is 19.3 Å². The first-order valence-electron chi connectivity index (χ1n) is 10.6. The Bertz CT molecular complexity index is 977. The average Bonchev–Trinajstić information content (AvgIpc) is 3.18. The van der Waals surface area contributed by atoms with Crippen molar-refractivity contribution in [2.24, 2.45) is 5.92 Å². The molecule has 1 aliphatic rings. The molecule has 1 heterocycles. The number of unbranched alkanes of at least 4 members (excludes halogenated alkanes) is 2. The number of halogens is 1. The molecule has 0 aromatic heterocycles. The molecule has 8 heteroatoms. The van der Waals surface area contributed by atoms with E-state index in [1.54, 1.807) is 42.5 Å². The van der Waals surface area contributed by atoms with Gasteiger partial charge in [-0.1, -0.05) is 31.4 Å². The molecular weight excluding hydrogens is 432 g/mol. The van der Waals surface area contributed by atoms with Crippen LogP contribution in [-0.4, -0.2) is 38.0 Å². The Morgan fingerprint density at radius 3 is 2.59 bits per heavy atom. The maximum absolute atomic E-state index is 12.7. The number of amides is 2. The van der Waals surface area contributed by atoms with Crippen LogP contribution in [0, 0.1) is 5.92 Å². The van der Waals surface area contributed by atoms with Crippen LogP contribution in [0.25, 0.3) is 0 Å². The Balaban J connectivity index is 1.59. The van der Waals surface area contributed by atoms with Gasteiger partial charge in [0, 0.05) is 23.7 Å². The molecule has 0 aliphatic carbocycles. The highest BCUT2D eigenvalue weighted by Gasteiger charge is 2.36. The van der Waals surface area contributed by atoms with Crippen LogP contribution in [0.4, 0.5) is 11.4 Å². The van der Waals surface area contributed by atoms with E-state index in [4.69, 9.17) is 21.1 Å². The van der Waals surface area contributed by atoms with Gasteiger partial charge in [0.2, 0.25) is 11.8 Å². The highest BCUT2D eigenvalue weighted by atomic mass is 35.5. The van der Waals surface area contributed by atoms with Crippen molar-refractivity contribution < 1.29 is 23.9 Å². The van der Waals surface area contributed by atoms with Gasteiger partial charge in [-0.3, -0.25) is 9.59 Å². The summed E-state index contributed by atoms with van der Waals surface area (Å²) in [6.45, 7) is 2.71. The fourth-order valence-corrected chi connectivity index (χ4v) is 3.69. The quantitative estimate of drug-likeness (QED) is 0.435. The zero-order valence-electron chi connectivity index (χ0n) is 18.2. The molecule has 7 nitrogen and oxygen atoms in total. The normalized spacial score (nSPS) is 15.5. The fraction of sp³-hybridized carbons (Fsp3) is 0.375. The topological polar surface area (TPSA) is 84.9 Å². The summed E-state index contributed by atoms with van der Waals surface area (Å²) in [5.41, 5.74) is 1.51. The molecule has 1 fully saturated rings. The first-order valence-corrected chi connectivity index (χ1v) is 11.0. The van der Waals surface area contributed by atoms with Gasteiger partial charge in [-0.25, -0.2) is 4.79 Å². The van der Waals surface area contributed by atoms with E-state index in [0.29, 0.717) is 34.3 Å². The van der Waals surface area contributed by atoms with E-state index in [2.05, 4.69) is 12.2 Å². The van der Waals surface area contributed by atoms with Crippen LogP contribution in [-0.2, 0) is 14.3 Å². The number of hydrogen-bond acceptors (Lipinski definition) is 5. The molecule has 1 saturated heterocycles. The molecule has 0 spiro atoms. The lowest BCUT2D eigenvalue weighted by molar-refractivity contribution is -0.122. The maximum Gasteiger partial charge on any atom is 0.338 e. The van der Waals surface area contributed by atoms with E-state index in [1.807, 2.05) is 0 Å². The van der Waals surface area contributed by atoms with Crippen molar-refractivity contribution in [3.8, 4) is 5.75 Å². The number of nitrogens with one attached hydrogen (secondary N) is 1. The molecule has 0 radical (unpaired) electrons. The summed E-state index contributed by atoms with van der Waals surface area (Å²) in [7, 11) is 1.52. The van der Waals surface area contributed by atoms with Crippen molar-refractivity contribution >= 4 is 40.8 Å². The van der Waals surface area contributed by atoms with Crippen LogP contribution in [0.1, 0.15) is 43.0 Å². The number of carbonyl (C=O) groups excluding carboxylic acids is 3. The van der Waals surface area contributed by atoms with Gasteiger partial charge in [-0.2, -0.15) is 0 Å². The van der Waals surface area contributed by atoms with Crippen LogP contribution < -0.4 is 15.0 Å². The Hall–Kier alpha value is -3.06. The van der Waals surface area contributed by atoms with Gasteiger partial charge in [0.1, 0.15) is 5.75 Å². The lowest BCUT2D eigenvalue weighted by Gasteiger charge is -2.20. The standard InChI is InChI=1S/C24H27ClN2O5/c1-3-4-5-12-32-24(30)16-6-9-19(10-7-16)26-23(29)17-13-22(28)27(15-17)20-14-18(25)8-11-21(20)31-2/h6-11,14,17H,3-5,12-13,15H2,1-2H3,(H,26,29)/t17-/m1/s1. The van der Waals surface area contributed by atoms with Gasteiger partial charge in [0.05, 0.1) is 30.9 Å². The Morgan fingerprint density at radius 1 is 1.16 bits per heavy atom. The summed E-state index contributed by atoms with van der Waals surface area (Å²) < 4.78 is 10.6. The third-order valence-corrected chi connectivity index (χ3v) is 5.53. The van der Waals surface area contributed by atoms with Crippen molar-refractivity contribution in [2.45, 2.75) is 32.6 Å². The second-order valence-electron chi connectivity index (χ2n) is 7.63. The molecular formula is C24H27ClN2O5. The van der Waals surface area contributed by atoms with Crippen molar-refractivity contribution in [3.63, 3.8) is 0 Å². The zero-order valence-corrected chi connectivity index (χ0v) is 19.0. The number of benzene rings is 2. The second-order valence-corrected chi connectivity index (χ2v) is 8.07. The number of methoxy groups -OCH3 is 1. The summed E-state index contributed by atoms with van der Waals surface area (Å²) in [5, 5.41) is 3.29. The number of ether oxygens (including phenoxy) is 2. The number of carbonyl (C=O) groups is 3. The maximum atomic E-state index is 12.7. The number of hydrogen-bond donors (Lipinski definition) is 1. The summed E-state index contributed by atoms with van der Waals surface area (Å²) >= 11 is 6.08. The highest BCUT2D eigenvalue weighted by Crippen LogP contribution is 2.35. The summed E-state index contributed by atoms with van der Waals surface area (Å²) in [6.07, 6.45) is 3.00. The zero-order chi connectivity index (χ0) is 23.1. The molecule has 0 bridgehead atoms. The molecule has 2 amide bonds. The van der Waals surface area contributed by atoms with E-state index in [-0.39, 0.29) is 30.7 Å². The number of esters is 1. The molecule has 32 heavy (non-hydrogen) atoms. The number of anilines is 2. The second kappa shape index (κ2) is 11.0. The van der Waals surface area contributed by atoms with Crippen LogP contribution >= 0.6 is 11.6 Å². The van der Waals surface area contributed by atoms with Gasteiger partial charge in [-0.15, -0.1) is 0 Å². The minimum Gasteiger partial charge on any atom is -0.495 e. The van der Waals surface area contributed by atoms with Crippen LogP contribution in [0.3, 0.4) is 0 Å². The first-order chi connectivity index (χ1) is 15.4. The molecule has 1 aliphatic heterocycles. The Morgan fingerprint density at radius 2 is 1.91 bits per heavy atom. The number of rotatable bonds is 9. The van der Waals surface area contributed by atoms with E-state index in [9.17, 15) is 14.4 Å². The monoisotopic (exact) mass is 458 g/mol. The average molecular weight is 459 g/mol. The van der Waals surface area contributed by atoms with E-state index >= 15 is 0 Å². The van der Waals surface area contributed by atoms with Crippen LogP contribution in [0.2, 0.25) is 5.02 Å². The predicted molar refractivity (Wildman–Crippen MR) is 123 cm³/mol. The van der Waals surface area contributed by atoms with Crippen molar-refractivity contribution in [1.82, 2.24) is 0 Å². The van der Waals surface area contributed by atoms with Crippen molar-refractivity contribution in [2.75, 3.05) is 30.5 Å². The predicted octanol–water partition coefficient (Wildman–Crippen LogP) is 4.69.